The van der Waals surface area contributed by atoms with Crippen LogP contribution in [0.3, 0.4) is 0 Å². The van der Waals surface area contributed by atoms with Crippen LogP contribution in [0.4, 0.5) is 11.4 Å². The molecule has 7 nitrogen and oxygen atoms in total. The summed E-state index contributed by atoms with van der Waals surface area (Å²) in [6.45, 7) is -0.221. The van der Waals surface area contributed by atoms with E-state index >= 15 is 0 Å². The number of amides is 1. The van der Waals surface area contributed by atoms with Gasteiger partial charge in [-0.25, -0.2) is 4.98 Å². The third-order valence-electron chi connectivity index (χ3n) is 3.56. The van der Waals surface area contributed by atoms with Crippen molar-refractivity contribution >= 4 is 17.3 Å². The largest absolute Gasteiger partial charge is 0.484 e. The van der Waals surface area contributed by atoms with Crippen molar-refractivity contribution in [2.24, 2.45) is 0 Å². The van der Waals surface area contributed by atoms with Gasteiger partial charge in [-0.3, -0.25) is 14.9 Å². The van der Waals surface area contributed by atoms with Crippen LogP contribution < -0.4 is 10.1 Å². The fourth-order valence-corrected chi connectivity index (χ4v) is 2.26. The predicted molar refractivity (Wildman–Crippen MR) is 104 cm³/mol. The maximum atomic E-state index is 12.1. The fourth-order valence-electron chi connectivity index (χ4n) is 2.26. The molecule has 0 atom stereocenters. The first-order valence-electron chi connectivity index (χ1n) is 8.30. The average Bonchev–Trinajstić information content (AvgIpc) is 2.72. The van der Waals surface area contributed by atoms with Crippen molar-refractivity contribution in [1.82, 2.24) is 4.98 Å². The van der Waals surface area contributed by atoms with Crippen molar-refractivity contribution in [2.45, 2.75) is 0 Å². The Morgan fingerprint density at radius 2 is 1.89 bits per heavy atom. The number of nitrogens with zero attached hydrogens (tertiary/aromatic N) is 2. The van der Waals surface area contributed by atoms with E-state index in [1.54, 1.807) is 24.4 Å². The van der Waals surface area contributed by atoms with Crippen molar-refractivity contribution in [3.8, 4) is 17.6 Å². The lowest BCUT2D eigenvalue weighted by Crippen LogP contribution is -2.20. The van der Waals surface area contributed by atoms with Crippen LogP contribution in [0.1, 0.15) is 11.3 Å². The maximum absolute atomic E-state index is 12.1. The number of nitro benzene ring substituents is 1. The van der Waals surface area contributed by atoms with E-state index in [-0.39, 0.29) is 18.2 Å². The standard InChI is InChI=1S/C21H15N3O4/c25-21(15-28-20-11-9-19(10-12-20)24(26)27)23-18-6-3-4-16(14-18)7-8-17-5-1-2-13-22-17/h1-6,9-14H,15H2,(H,23,25). The third-order valence-corrected chi connectivity index (χ3v) is 3.56. The van der Waals surface area contributed by atoms with Gasteiger partial charge in [-0.15, -0.1) is 0 Å². The van der Waals surface area contributed by atoms with Crippen LogP contribution in [0.5, 0.6) is 5.75 Å². The van der Waals surface area contributed by atoms with Gasteiger partial charge in [0, 0.05) is 29.6 Å². The van der Waals surface area contributed by atoms with Gasteiger partial charge in [0.2, 0.25) is 0 Å². The third kappa shape index (κ3) is 5.41. The molecule has 1 N–H and O–H groups in total. The summed E-state index contributed by atoms with van der Waals surface area (Å²) in [4.78, 5) is 26.3. The molecule has 0 aliphatic heterocycles. The van der Waals surface area contributed by atoms with E-state index in [0.717, 1.165) is 5.56 Å². The van der Waals surface area contributed by atoms with E-state index < -0.39 is 4.92 Å². The molecule has 28 heavy (non-hydrogen) atoms. The van der Waals surface area contributed by atoms with Crippen LogP contribution in [-0.4, -0.2) is 22.4 Å². The molecule has 0 unspecified atom stereocenters. The molecule has 0 bridgehead atoms. The van der Waals surface area contributed by atoms with Crippen LogP contribution in [-0.2, 0) is 4.79 Å². The Hall–Kier alpha value is -4.18. The molecule has 2 aromatic carbocycles. The Morgan fingerprint density at radius 3 is 2.61 bits per heavy atom. The van der Waals surface area contributed by atoms with Crippen LogP contribution in [0, 0.1) is 22.0 Å². The minimum absolute atomic E-state index is 0.0413. The Morgan fingerprint density at radius 1 is 1.07 bits per heavy atom. The molecular weight excluding hydrogens is 358 g/mol. The summed E-state index contributed by atoms with van der Waals surface area (Å²) in [7, 11) is 0. The van der Waals surface area contributed by atoms with Gasteiger partial charge in [-0.2, -0.15) is 0 Å². The van der Waals surface area contributed by atoms with Gasteiger partial charge in [0.05, 0.1) is 4.92 Å². The number of carbonyl (C=O) groups excluding carboxylic acids is 1. The lowest BCUT2D eigenvalue weighted by atomic mass is 10.2. The van der Waals surface area contributed by atoms with Crippen molar-refractivity contribution in [3.05, 3.63) is 94.3 Å². The molecule has 0 aliphatic rings. The lowest BCUT2D eigenvalue weighted by molar-refractivity contribution is -0.384. The van der Waals surface area contributed by atoms with Crippen molar-refractivity contribution in [3.63, 3.8) is 0 Å². The molecule has 0 saturated carbocycles. The molecule has 1 aromatic heterocycles. The number of non-ortho nitro benzene ring substituents is 1. The Kier molecular flexibility index (Phi) is 5.95. The van der Waals surface area contributed by atoms with Crippen molar-refractivity contribution in [2.75, 3.05) is 11.9 Å². The zero-order valence-electron chi connectivity index (χ0n) is 14.7. The highest BCUT2D eigenvalue weighted by Crippen LogP contribution is 2.17. The molecule has 0 saturated heterocycles. The minimum atomic E-state index is -0.500. The molecule has 3 rings (SSSR count). The molecular formula is C21H15N3O4. The molecule has 0 radical (unpaired) electrons. The number of anilines is 1. The zero-order chi connectivity index (χ0) is 19.8. The number of ether oxygens (including phenoxy) is 1. The Bertz CT molecular complexity index is 1040. The second-order valence-electron chi connectivity index (χ2n) is 5.63. The monoisotopic (exact) mass is 373 g/mol. The summed E-state index contributed by atoms with van der Waals surface area (Å²) < 4.78 is 5.34. The number of pyridine rings is 1. The van der Waals surface area contributed by atoms with Gasteiger partial charge < -0.3 is 10.1 Å². The number of nitrogens with one attached hydrogen (secondary N) is 1. The summed E-state index contributed by atoms with van der Waals surface area (Å²) in [5, 5.41) is 13.3. The smallest absolute Gasteiger partial charge is 0.269 e. The molecule has 1 heterocycles. The number of rotatable bonds is 5. The number of hydrogen-bond donors (Lipinski definition) is 1. The highest BCUT2D eigenvalue weighted by Gasteiger charge is 2.07. The van der Waals surface area contributed by atoms with E-state index in [0.29, 0.717) is 17.1 Å². The van der Waals surface area contributed by atoms with Gasteiger partial charge in [0.15, 0.2) is 6.61 Å². The van der Waals surface area contributed by atoms with Crippen LogP contribution in [0.2, 0.25) is 0 Å². The Balaban J connectivity index is 1.57. The Labute approximate surface area is 161 Å². The summed E-state index contributed by atoms with van der Waals surface area (Å²) in [6.07, 6.45) is 1.67. The first-order chi connectivity index (χ1) is 13.6. The number of benzene rings is 2. The summed E-state index contributed by atoms with van der Waals surface area (Å²) in [5.41, 5.74) is 1.94. The van der Waals surface area contributed by atoms with Crippen LogP contribution in [0.25, 0.3) is 0 Å². The first kappa shape index (κ1) is 18.6. The molecule has 7 heteroatoms. The summed E-state index contributed by atoms with van der Waals surface area (Å²) in [5.74, 6) is 5.97. The van der Waals surface area contributed by atoms with Gasteiger partial charge >= 0.3 is 0 Å². The average molecular weight is 373 g/mol. The molecule has 0 fully saturated rings. The highest BCUT2D eigenvalue weighted by atomic mass is 16.6. The molecule has 1 amide bonds. The molecule has 0 aliphatic carbocycles. The number of aromatic nitrogens is 1. The SMILES string of the molecule is O=C(COc1ccc([N+](=O)[O-])cc1)Nc1cccc(C#Cc2ccccn2)c1. The number of hydrogen-bond acceptors (Lipinski definition) is 5. The van der Waals surface area contributed by atoms with Gasteiger partial charge in [0.1, 0.15) is 11.4 Å². The van der Waals surface area contributed by atoms with Gasteiger partial charge in [-0.05, 0) is 48.4 Å². The molecule has 138 valence electrons. The van der Waals surface area contributed by atoms with Gasteiger partial charge in [0.25, 0.3) is 11.6 Å². The van der Waals surface area contributed by atoms with E-state index in [1.165, 1.54) is 24.3 Å². The second-order valence-corrected chi connectivity index (χ2v) is 5.63. The first-order valence-corrected chi connectivity index (χ1v) is 8.30. The van der Waals surface area contributed by atoms with Crippen LogP contribution in [0.15, 0.2) is 72.9 Å². The van der Waals surface area contributed by atoms with Crippen molar-refractivity contribution < 1.29 is 14.5 Å². The van der Waals surface area contributed by atoms with Crippen molar-refractivity contribution in [1.29, 1.82) is 0 Å². The maximum Gasteiger partial charge on any atom is 0.269 e. The minimum Gasteiger partial charge on any atom is -0.484 e. The number of nitro groups is 1. The predicted octanol–water partition coefficient (Wildman–Crippen LogP) is 3.41. The van der Waals surface area contributed by atoms with Crippen LogP contribution >= 0.6 is 0 Å². The quantitative estimate of drug-likeness (QED) is 0.420. The van der Waals surface area contributed by atoms with E-state index in [1.807, 2.05) is 24.3 Å². The molecule has 3 aromatic rings. The molecule has 0 spiro atoms. The lowest BCUT2D eigenvalue weighted by Gasteiger charge is -2.07. The summed E-state index contributed by atoms with van der Waals surface area (Å²) in [6, 6.07) is 18.1. The topological polar surface area (TPSA) is 94.4 Å². The summed E-state index contributed by atoms with van der Waals surface area (Å²) >= 11 is 0. The zero-order valence-corrected chi connectivity index (χ0v) is 14.7. The second kappa shape index (κ2) is 8.96. The van der Waals surface area contributed by atoms with E-state index in [9.17, 15) is 14.9 Å². The highest BCUT2D eigenvalue weighted by molar-refractivity contribution is 5.92. The van der Waals surface area contributed by atoms with Gasteiger partial charge in [-0.1, -0.05) is 18.1 Å². The van der Waals surface area contributed by atoms with E-state index in [4.69, 9.17) is 4.74 Å². The number of carbonyl (C=O) groups is 1. The normalized spacial score (nSPS) is 9.71. The van der Waals surface area contributed by atoms with E-state index in [2.05, 4.69) is 22.1 Å². The fraction of sp³-hybridized carbons (Fsp3) is 0.0476.